The van der Waals surface area contributed by atoms with E-state index in [1.54, 1.807) is 0 Å². The number of hydrogen-bond donors (Lipinski definition) is 2. The molecular weight excluding hydrogens is 224 g/mol. The van der Waals surface area contributed by atoms with Crippen LogP contribution in [-0.4, -0.2) is 5.91 Å². The molecule has 1 saturated carbocycles. The fourth-order valence-corrected chi connectivity index (χ4v) is 2.97. The Kier molecular flexibility index (Phi) is 2.40. The third-order valence-corrected chi connectivity index (χ3v) is 4.39. The molecule has 2 aliphatic rings. The van der Waals surface area contributed by atoms with E-state index in [1.165, 1.54) is 11.1 Å². The van der Waals surface area contributed by atoms with E-state index in [9.17, 15) is 4.79 Å². The first-order valence-electron chi connectivity index (χ1n) is 6.66. The van der Waals surface area contributed by atoms with Crippen LogP contribution in [0.15, 0.2) is 18.2 Å². The zero-order valence-corrected chi connectivity index (χ0v) is 11.0. The molecule has 0 saturated heterocycles. The van der Waals surface area contributed by atoms with E-state index >= 15 is 0 Å². The molecule has 3 heteroatoms. The lowest BCUT2D eigenvalue weighted by atomic mass is 10.1. The molecule has 96 valence electrons. The molecule has 1 aromatic carbocycles. The quantitative estimate of drug-likeness (QED) is 0.785. The van der Waals surface area contributed by atoms with Crippen LogP contribution in [0.1, 0.15) is 43.9 Å². The Bertz CT molecular complexity index is 507. The van der Waals surface area contributed by atoms with Crippen LogP contribution in [-0.2, 0) is 11.2 Å². The van der Waals surface area contributed by atoms with Gasteiger partial charge in [0, 0.05) is 11.6 Å². The highest BCUT2D eigenvalue weighted by Gasteiger charge is 2.51. The van der Waals surface area contributed by atoms with Crippen molar-refractivity contribution < 1.29 is 4.79 Å². The summed E-state index contributed by atoms with van der Waals surface area (Å²) in [5, 5.41) is 3.19. The minimum Gasteiger partial charge on any atom is -0.399 e. The summed E-state index contributed by atoms with van der Waals surface area (Å²) in [7, 11) is 0. The summed E-state index contributed by atoms with van der Waals surface area (Å²) >= 11 is 0. The van der Waals surface area contributed by atoms with Crippen molar-refractivity contribution in [2.24, 2.45) is 11.3 Å². The Balaban J connectivity index is 1.72. The van der Waals surface area contributed by atoms with Gasteiger partial charge in [0.05, 0.1) is 6.04 Å². The van der Waals surface area contributed by atoms with Crippen LogP contribution in [0.2, 0.25) is 0 Å². The molecule has 1 amide bonds. The summed E-state index contributed by atoms with van der Waals surface area (Å²) in [5.41, 5.74) is 9.33. The smallest absolute Gasteiger partial charge is 0.224 e. The van der Waals surface area contributed by atoms with Crippen LogP contribution >= 0.6 is 0 Å². The van der Waals surface area contributed by atoms with E-state index in [0.29, 0.717) is 0 Å². The molecule has 3 rings (SSSR count). The van der Waals surface area contributed by atoms with E-state index in [2.05, 4.69) is 25.2 Å². The van der Waals surface area contributed by atoms with Crippen molar-refractivity contribution in [3.8, 4) is 0 Å². The second kappa shape index (κ2) is 3.74. The van der Waals surface area contributed by atoms with E-state index in [1.807, 2.05) is 12.1 Å². The van der Waals surface area contributed by atoms with Gasteiger partial charge in [-0.3, -0.25) is 4.79 Å². The van der Waals surface area contributed by atoms with Crippen LogP contribution in [0.25, 0.3) is 0 Å². The molecule has 2 unspecified atom stereocenters. The largest absolute Gasteiger partial charge is 0.399 e. The molecule has 3 N–H and O–H groups in total. The minimum absolute atomic E-state index is 0.185. The number of amides is 1. The number of nitrogens with two attached hydrogens (primary N) is 1. The van der Waals surface area contributed by atoms with E-state index in [-0.39, 0.29) is 23.3 Å². The molecule has 2 atom stereocenters. The van der Waals surface area contributed by atoms with Crippen LogP contribution in [0.4, 0.5) is 5.69 Å². The Morgan fingerprint density at radius 3 is 2.83 bits per heavy atom. The second-order valence-corrected chi connectivity index (χ2v) is 6.30. The number of aryl methyl sites for hydroxylation is 1. The summed E-state index contributed by atoms with van der Waals surface area (Å²) in [4.78, 5) is 12.1. The molecule has 2 aliphatic carbocycles. The van der Waals surface area contributed by atoms with Gasteiger partial charge in [-0.05, 0) is 47.9 Å². The summed E-state index contributed by atoms with van der Waals surface area (Å²) < 4.78 is 0. The Hall–Kier alpha value is -1.51. The van der Waals surface area contributed by atoms with Gasteiger partial charge in [-0.25, -0.2) is 0 Å². The number of rotatable bonds is 2. The van der Waals surface area contributed by atoms with Gasteiger partial charge in [0.1, 0.15) is 0 Å². The van der Waals surface area contributed by atoms with Crippen LogP contribution in [0, 0.1) is 11.3 Å². The first-order chi connectivity index (χ1) is 8.47. The van der Waals surface area contributed by atoms with E-state index < -0.39 is 0 Å². The standard InChI is InChI=1S/C15H20N2O/c1-15(2)8-12(15)14(18)17-13-6-3-9-7-10(16)4-5-11(9)13/h4-5,7,12-13H,3,6,8,16H2,1-2H3,(H,17,18). The fraction of sp³-hybridized carbons (Fsp3) is 0.533. The molecule has 0 bridgehead atoms. The number of anilines is 1. The monoisotopic (exact) mass is 244 g/mol. The molecule has 0 aliphatic heterocycles. The predicted octanol–water partition coefficient (Wildman–Crippen LogP) is 2.42. The SMILES string of the molecule is CC1(C)CC1C(=O)NC1CCc2cc(N)ccc21. The van der Waals surface area contributed by atoms with Crippen molar-refractivity contribution in [2.75, 3.05) is 5.73 Å². The van der Waals surface area contributed by atoms with Crippen molar-refractivity contribution >= 4 is 11.6 Å². The Morgan fingerprint density at radius 2 is 2.17 bits per heavy atom. The number of carbonyl (C=O) groups is 1. The van der Waals surface area contributed by atoms with Gasteiger partial charge in [-0.15, -0.1) is 0 Å². The first-order valence-corrected chi connectivity index (χ1v) is 6.66. The Labute approximate surface area is 108 Å². The Morgan fingerprint density at radius 1 is 1.44 bits per heavy atom. The molecule has 1 aromatic rings. The first kappa shape index (κ1) is 11.6. The lowest BCUT2D eigenvalue weighted by Gasteiger charge is -2.15. The van der Waals surface area contributed by atoms with Gasteiger partial charge in [0.15, 0.2) is 0 Å². The maximum absolute atomic E-state index is 12.1. The number of carbonyl (C=O) groups excluding carboxylic acids is 1. The third-order valence-electron chi connectivity index (χ3n) is 4.39. The summed E-state index contributed by atoms with van der Waals surface area (Å²) in [6.07, 6.45) is 3.03. The van der Waals surface area contributed by atoms with Gasteiger partial charge in [0.2, 0.25) is 5.91 Å². The van der Waals surface area contributed by atoms with Crippen molar-refractivity contribution in [2.45, 2.75) is 39.2 Å². The minimum atomic E-state index is 0.185. The zero-order chi connectivity index (χ0) is 12.9. The number of nitrogen functional groups attached to an aromatic ring is 1. The average molecular weight is 244 g/mol. The summed E-state index contributed by atoms with van der Waals surface area (Å²) in [5.74, 6) is 0.421. The summed E-state index contributed by atoms with van der Waals surface area (Å²) in [6.45, 7) is 4.31. The number of fused-ring (bicyclic) bond motifs is 1. The molecule has 0 heterocycles. The highest BCUT2D eigenvalue weighted by molar-refractivity contribution is 5.83. The van der Waals surface area contributed by atoms with Gasteiger partial charge in [-0.1, -0.05) is 19.9 Å². The highest BCUT2D eigenvalue weighted by atomic mass is 16.2. The number of nitrogens with one attached hydrogen (secondary N) is 1. The molecule has 18 heavy (non-hydrogen) atoms. The average Bonchev–Trinajstić information content (AvgIpc) is 2.77. The molecular formula is C15H20N2O. The van der Waals surface area contributed by atoms with Gasteiger partial charge < -0.3 is 11.1 Å². The lowest BCUT2D eigenvalue weighted by Crippen LogP contribution is -2.29. The van der Waals surface area contributed by atoms with E-state index in [4.69, 9.17) is 5.73 Å². The molecule has 1 fully saturated rings. The van der Waals surface area contributed by atoms with Crippen LogP contribution in [0.3, 0.4) is 0 Å². The van der Waals surface area contributed by atoms with Crippen molar-refractivity contribution in [3.05, 3.63) is 29.3 Å². The van der Waals surface area contributed by atoms with Crippen LogP contribution < -0.4 is 11.1 Å². The van der Waals surface area contributed by atoms with Gasteiger partial charge >= 0.3 is 0 Å². The number of hydrogen-bond acceptors (Lipinski definition) is 2. The molecule has 0 radical (unpaired) electrons. The van der Waals surface area contributed by atoms with E-state index in [0.717, 1.165) is 24.9 Å². The van der Waals surface area contributed by atoms with Gasteiger partial charge in [0.25, 0.3) is 0 Å². The molecule has 0 aromatic heterocycles. The third kappa shape index (κ3) is 1.88. The number of benzene rings is 1. The predicted molar refractivity (Wildman–Crippen MR) is 71.9 cm³/mol. The lowest BCUT2D eigenvalue weighted by molar-refractivity contribution is -0.123. The maximum atomic E-state index is 12.1. The fourth-order valence-electron chi connectivity index (χ4n) is 2.97. The van der Waals surface area contributed by atoms with Crippen molar-refractivity contribution in [1.29, 1.82) is 0 Å². The normalized spacial score (nSPS) is 27.7. The maximum Gasteiger partial charge on any atom is 0.224 e. The van der Waals surface area contributed by atoms with Gasteiger partial charge in [-0.2, -0.15) is 0 Å². The second-order valence-electron chi connectivity index (χ2n) is 6.30. The highest BCUT2D eigenvalue weighted by Crippen LogP contribution is 2.52. The zero-order valence-electron chi connectivity index (χ0n) is 11.0. The summed E-state index contributed by atoms with van der Waals surface area (Å²) in [6, 6.07) is 6.19. The van der Waals surface area contributed by atoms with Crippen molar-refractivity contribution in [1.82, 2.24) is 5.32 Å². The van der Waals surface area contributed by atoms with Crippen molar-refractivity contribution in [3.63, 3.8) is 0 Å². The molecule has 0 spiro atoms. The molecule has 3 nitrogen and oxygen atoms in total. The van der Waals surface area contributed by atoms with Crippen LogP contribution in [0.5, 0.6) is 0 Å². The topological polar surface area (TPSA) is 55.1 Å².